The molecule has 1 unspecified atom stereocenters. The van der Waals surface area contributed by atoms with Crippen LogP contribution in [0.1, 0.15) is 18.1 Å². The predicted molar refractivity (Wildman–Crippen MR) is 80.4 cm³/mol. The zero-order valence-electron chi connectivity index (χ0n) is 11.5. The number of rotatable bonds is 5. The van der Waals surface area contributed by atoms with Gasteiger partial charge in [-0.2, -0.15) is 0 Å². The fourth-order valence-electron chi connectivity index (χ4n) is 1.60. The lowest BCUT2D eigenvalue weighted by molar-refractivity contribution is -0.120. The summed E-state index contributed by atoms with van der Waals surface area (Å²) >= 11 is 1.36. The van der Waals surface area contributed by atoms with Gasteiger partial charge in [0.25, 0.3) is 0 Å². The van der Waals surface area contributed by atoms with Crippen molar-refractivity contribution in [3.63, 3.8) is 0 Å². The van der Waals surface area contributed by atoms with Crippen molar-refractivity contribution in [2.24, 2.45) is 0 Å². The molecule has 1 N–H and O–H groups in total. The number of carbonyl (C=O) groups excluding carboxylic acids is 1. The number of benzene rings is 1. The second kappa shape index (κ2) is 7.05. The van der Waals surface area contributed by atoms with Gasteiger partial charge in [0.1, 0.15) is 0 Å². The van der Waals surface area contributed by atoms with Crippen LogP contribution in [0.5, 0.6) is 0 Å². The van der Waals surface area contributed by atoms with E-state index < -0.39 is 0 Å². The van der Waals surface area contributed by atoms with E-state index in [0.717, 1.165) is 5.56 Å². The molecule has 20 heavy (non-hydrogen) atoms. The first-order valence-corrected chi connectivity index (χ1v) is 7.30. The highest BCUT2D eigenvalue weighted by Crippen LogP contribution is 2.18. The SMILES string of the molecule is Cc1ccc(CNC(=O)C(C)Sc2ncccn2)cc1. The third kappa shape index (κ3) is 4.35. The first kappa shape index (κ1) is 14.5. The highest BCUT2D eigenvalue weighted by atomic mass is 32.2. The molecule has 104 valence electrons. The van der Waals surface area contributed by atoms with Gasteiger partial charge in [-0.15, -0.1) is 0 Å². The number of hydrogen-bond acceptors (Lipinski definition) is 4. The average molecular weight is 287 g/mol. The normalized spacial score (nSPS) is 11.9. The second-order valence-electron chi connectivity index (χ2n) is 4.49. The number of aryl methyl sites for hydroxylation is 1. The van der Waals surface area contributed by atoms with Crippen molar-refractivity contribution in [2.75, 3.05) is 0 Å². The predicted octanol–water partition coefficient (Wildman–Crippen LogP) is 2.58. The molecule has 1 atom stereocenters. The average Bonchev–Trinajstić information content (AvgIpc) is 2.47. The van der Waals surface area contributed by atoms with Crippen molar-refractivity contribution in [2.45, 2.75) is 30.8 Å². The summed E-state index contributed by atoms with van der Waals surface area (Å²) in [6, 6.07) is 9.88. The minimum atomic E-state index is -0.220. The first-order valence-electron chi connectivity index (χ1n) is 6.42. The maximum atomic E-state index is 12.0. The van der Waals surface area contributed by atoms with Gasteiger partial charge in [-0.3, -0.25) is 4.79 Å². The summed E-state index contributed by atoms with van der Waals surface area (Å²) in [4.78, 5) is 20.2. The lowest BCUT2D eigenvalue weighted by Gasteiger charge is -2.11. The molecule has 2 aromatic rings. The summed E-state index contributed by atoms with van der Waals surface area (Å²) in [6.45, 7) is 4.44. The third-order valence-corrected chi connectivity index (χ3v) is 3.77. The van der Waals surface area contributed by atoms with Gasteiger partial charge in [0.05, 0.1) is 5.25 Å². The van der Waals surface area contributed by atoms with E-state index in [4.69, 9.17) is 0 Å². The van der Waals surface area contributed by atoms with Gasteiger partial charge < -0.3 is 5.32 Å². The molecule has 0 bridgehead atoms. The van der Waals surface area contributed by atoms with Crippen molar-refractivity contribution in [1.82, 2.24) is 15.3 Å². The molecule has 0 saturated carbocycles. The van der Waals surface area contributed by atoms with Gasteiger partial charge >= 0.3 is 0 Å². The van der Waals surface area contributed by atoms with E-state index in [2.05, 4.69) is 15.3 Å². The molecule has 1 aromatic heterocycles. The minimum absolute atomic E-state index is 0.0111. The fraction of sp³-hybridized carbons (Fsp3) is 0.267. The van der Waals surface area contributed by atoms with E-state index in [0.29, 0.717) is 11.7 Å². The number of aromatic nitrogens is 2. The van der Waals surface area contributed by atoms with Crippen molar-refractivity contribution >= 4 is 17.7 Å². The maximum Gasteiger partial charge on any atom is 0.233 e. The highest BCUT2D eigenvalue weighted by molar-refractivity contribution is 8.00. The van der Waals surface area contributed by atoms with Crippen LogP contribution in [0.3, 0.4) is 0 Å². The van der Waals surface area contributed by atoms with Crippen LogP contribution in [0, 0.1) is 6.92 Å². The lowest BCUT2D eigenvalue weighted by atomic mass is 10.1. The van der Waals surface area contributed by atoms with Crippen LogP contribution in [-0.4, -0.2) is 21.1 Å². The van der Waals surface area contributed by atoms with Crippen LogP contribution in [0.4, 0.5) is 0 Å². The van der Waals surface area contributed by atoms with Gasteiger partial charge in [-0.25, -0.2) is 9.97 Å². The second-order valence-corrected chi connectivity index (χ2v) is 5.80. The van der Waals surface area contributed by atoms with Crippen LogP contribution in [0.15, 0.2) is 47.9 Å². The molecule has 0 fully saturated rings. The molecular weight excluding hydrogens is 270 g/mol. The zero-order chi connectivity index (χ0) is 14.4. The lowest BCUT2D eigenvalue weighted by Crippen LogP contribution is -2.30. The number of carbonyl (C=O) groups is 1. The van der Waals surface area contributed by atoms with Crippen molar-refractivity contribution in [1.29, 1.82) is 0 Å². The summed E-state index contributed by atoms with van der Waals surface area (Å²) < 4.78 is 0. The molecular formula is C15H17N3OS. The largest absolute Gasteiger partial charge is 0.351 e. The topological polar surface area (TPSA) is 54.9 Å². The minimum Gasteiger partial charge on any atom is -0.351 e. The Morgan fingerprint density at radius 2 is 1.90 bits per heavy atom. The summed E-state index contributed by atoms with van der Waals surface area (Å²) in [5, 5.41) is 3.32. The first-order chi connectivity index (χ1) is 9.65. The number of nitrogens with zero attached hydrogens (tertiary/aromatic N) is 2. The fourth-order valence-corrected chi connectivity index (χ4v) is 2.35. The Labute approximate surface area is 123 Å². The molecule has 1 aromatic carbocycles. The summed E-state index contributed by atoms with van der Waals surface area (Å²) in [5.74, 6) is -0.0111. The Kier molecular flexibility index (Phi) is 5.12. The number of hydrogen-bond donors (Lipinski definition) is 1. The van der Waals surface area contributed by atoms with E-state index in [1.807, 2.05) is 38.1 Å². The van der Waals surface area contributed by atoms with E-state index in [-0.39, 0.29) is 11.2 Å². The van der Waals surface area contributed by atoms with Crippen LogP contribution >= 0.6 is 11.8 Å². The molecule has 0 saturated heterocycles. The van der Waals surface area contributed by atoms with Crippen molar-refractivity contribution < 1.29 is 4.79 Å². The van der Waals surface area contributed by atoms with Gasteiger partial charge in [0, 0.05) is 18.9 Å². The van der Waals surface area contributed by atoms with Crippen LogP contribution < -0.4 is 5.32 Å². The van der Waals surface area contributed by atoms with Crippen LogP contribution in [-0.2, 0) is 11.3 Å². The number of amides is 1. The summed E-state index contributed by atoms with van der Waals surface area (Å²) in [5.41, 5.74) is 2.31. The Bertz CT molecular complexity index is 557. The van der Waals surface area contributed by atoms with Crippen LogP contribution in [0.25, 0.3) is 0 Å². The maximum absolute atomic E-state index is 12.0. The third-order valence-electron chi connectivity index (χ3n) is 2.78. The van der Waals surface area contributed by atoms with E-state index in [1.165, 1.54) is 17.3 Å². The Hall–Kier alpha value is -1.88. The molecule has 0 radical (unpaired) electrons. The molecule has 4 nitrogen and oxygen atoms in total. The smallest absolute Gasteiger partial charge is 0.233 e. The molecule has 1 amide bonds. The van der Waals surface area contributed by atoms with Crippen molar-refractivity contribution in [3.8, 4) is 0 Å². The zero-order valence-corrected chi connectivity index (χ0v) is 12.4. The summed E-state index contributed by atoms with van der Waals surface area (Å²) in [6.07, 6.45) is 3.35. The monoisotopic (exact) mass is 287 g/mol. The standard InChI is InChI=1S/C15H17N3OS/c1-11-4-6-13(7-5-11)10-18-14(19)12(2)20-15-16-8-3-9-17-15/h3-9,12H,10H2,1-2H3,(H,18,19). The van der Waals surface area contributed by atoms with Crippen LogP contribution in [0.2, 0.25) is 0 Å². The quantitative estimate of drug-likeness (QED) is 0.678. The highest BCUT2D eigenvalue weighted by Gasteiger charge is 2.15. The van der Waals surface area contributed by atoms with E-state index in [1.54, 1.807) is 18.5 Å². The molecule has 0 aliphatic rings. The van der Waals surface area contributed by atoms with Gasteiger partial charge in [-0.1, -0.05) is 41.6 Å². The van der Waals surface area contributed by atoms with E-state index in [9.17, 15) is 4.79 Å². The number of thioether (sulfide) groups is 1. The van der Waals surface area contributed by atoms with Gasteiger partial charge in [0.15, 0.2) is 5.16 Å². The Balaban J connectivity index is 1.83. The molecule has 0 aliphatic heterocycles. The Morgan fingerprint density at radius 3 is 2.55 bits per heavy atom. The van der Waals surface area contributed by atoms with Gasteiger partial charge in [0.2, 0.25) is 5.91 Å². The molecule has 0 spiro atoms. The molecule has 2 rings (SSSR count). The summed E-state index contributed by atoms with van der Waals surface area (Å²) in [7, 11) is 0. The van der Waals surface area contributed by atoms with Gasteiger partial charge in [-0.05, 0) is 25.5 Å². The van der Waals surface area contributed by atoms with E-state index >= 15 is 0 Å². The number of nitrogens with one attached hydrogen (secondary N) is 1. The van der Waals surface area contributed by atoms with Crippen molar-refractivity contribution in [3.05, 3.63) is 53.9 Å². The molecule has 1 heterocycles. The molecule has 0 aliphatic carbocycles. The molecule has 5 heteroatoms. The Morgan fingerprint density at radius 1 is 1.25 bits per heavy atom.